The van der Waals surface area contributed by atoms with Crippen molar-refractivity contribution in [2.45, 2.75) is 45.7 Å². The summed E-state index contributed by atoms with van der Waals surface area (Å²) in [7, 11) is 0. The first-order valence-electron chi connectivity index (χ1n) is 11.8. The van der Waals surface area contributed by atoms with Crippen molar-refractivity contribution in [3.63, 3.8) is 0 Å². The molecule has 1 saturated heterocycles. The lowest BCUT2D eigenvalue weighted by Crippen LogP contribution is -2.44. The lowest BCUT2D eigenvalue weighted by molar-refractivity contribution is 0.259. The minimum Gasteiger partial charge on any atom is -0.376 e. The fraction of sp³-hybridized carbons (Fsp3) is 0.370. The van der Waals surface area contributed by atoms with E-state index in [1.54, 1.807) is 6.21 Å². The Bertz CT molecular complexity index is 1010. The Morgan fingerprint density at radius 2 is 2.15 bits per heavy atom. The monoisotopic (exact) mass is 446 g/mol. The number of aromatic nitrogens is 1. The topological polar surface area (TPSA) is 58.7 Å². The number of piperidine rings is 1. The first-order valence-corrected chi connectivity index (χ1v) is 11.8. The van der Waals surface area contributed by atoms with Crippen molar-refractivity contribution in [2.75, 3.05) is 19.6 Å². The van der Waals surface area contributed by atoms with Gasteiger partial charge in [0.1, 0.15) is 5.82 Å². The predicted octanol–water partition coefficient (Wildman–Crippen LogP) is 4.87. The molecule has 6 heteroatoms. The van der Waals surface area contributed by atoms with Gasteiger partial charge in [-0.3, -0.25) is 0 Å². The maximum absolute atomic E-state index is 4.12. The first-order chi connectivity index (χ1) is 16.0. The second-order valence-corrected chi connectivity index (χ2v) is 8.38. The number of H-pyrrole nitrogens is 1. The van der Waals surface area contributed by atoms with Gasteiger partial charge < -0.3 is 25.4 Å². The van der Waals surface area contributed by atoms with Gasteiger partial charge in [-0.25, -0.2) is 4.99 Å². The Morgan fingerprint density at radius 1 is 1.30 bits per heavy atom. The molecular weight excluding hydrogens is 408 g/mol. The third-order valence-electron chi connectivity index (χ3n) is 5.98. The quantitative estimate of drug-likeness (QED) is 0.542. The summed E-state index contributed by atoms with van der Waals surface area (Å²) in [4.78, 5) is 11.7. The third-order valence-corrected chi connectivity index (χ3v) is 5.98. The highest BCUT2D eigenvalue weighted by Crippen LogP contribution is 2.18. The SMILES string of the molecule is C=C1N=CC=CN1CC.C=CN1CCCC(NC(=C)NCc2cc3cc(CC)ccc3[nH]2)C1. The number of rotatable bonds is 8. The fourth-order valence-electron chi connectivity index (χ4n) is 4.07. The smallest absolute Gasteiger partial charge is 0.125 e. The van der Waals surface area contributed by atoms with E-state index in [0.717, 1.165) is 44.2 Å². The molecule has 0 spiro atoms. The first kappa shape index (κ1) is 24.2. The van der Waals surface area contributed by atoms with E-state index in [-0.39, 0.29) is 0 Å². The summed E-state index contributed by atoms with van der Waals surface area (Å²) >= 11 is 0. The zero-order chi connectivity index (χ0) is 23.6. The average Bonchev–Trinajstić information content (AvgIpc) is 3.25. The van der Waals surface area contributed by atoms with Crippen molar-refractivity contribution >= 4 is 17.1 Å². The second kappa shape index (κ2) is 12.0. The molecule has 3 heterocycles. The number of benzene rings is 1. The predicted molar refractivity (Wildman–Crippen MR) is 141 cm³/mol. The Kier molecular flexibility index (Phi) is 8.81. The van der Waals surface area contributed by atoms with Crippen molar-refractivity contribution in [3.05, 3.63) is 85.4 Å². The molecule has 1 aromatic carbocycles. The van der Waals surface area contributed by atoms with Gasteiger partial charge in [0.25, 0.3) is 0 Å². The normalized spacial score (nSPS) is 17.5. The minimum absolute atomic E-state index is 0.437. The van der Waals surface area contributed by atoms with Crippen molar-refractivity contribution in [3.8, 4) is 0 Å². The van der Waals surface area contributed by atoms with Crippen LogP contribution in [-0.2, 0) is 13.0 Å². The summed E-state index contributed by atoms with van der Waals surface area (Å²) in [6, 6.07) is 9.26. The molecule has 4 rings (SSSR count). The molecular formula is C27H38N6. The second-order valence-electron chi connectivity index (χ2n) is 8.38. The number of nitrogens with one attached hydrogen (secondary N) is 3. The highest BCUT2D eigenvalue weighted by Gasteiger charge is 2.17. The molecule has 2 aliphatic rings. The number of aryl methyl sites for hydroxylation is 1. The molecule has 0 radical (unpaired) electrons. The van der Waals surface area contributed by atoms with E-state index in [1.165, 1.54) is 35.0 Å². The van der Waals surface area contributed by atoms with Crippen LogP contribution in [0.1, 0.15) is 37.9 Å². The van der Waals surface area contributed by atoms with Gasteiger partial charge in [0.05, 0.1) is 12.4 Å². The number of nitrogens with zero attached hydrogens (tertiary/aromatic N) is 3. The molecule has 176 valence electrons. The lowest BCUT2D eigenvalue weighted by Gasteiger charge is -2.33. The van der Waals surface area contributed by atoms with Crippen LogP contribution in [0.3, 0.4) is 0 Å². The van der Waals surface area contributed by atoms with Gasteiger partial charge in [-0.2, -0.15) is 0 Å². The Labute approximate surface area is 198 Å². The van der Waals surface area contributed by atoms with Crippen LogP contribution in [0.15, 0.2) is 79.1 Å². The van der Waals surface area contributed by atoms with Crippen molar-refractivity contribution < 1.29 is 0 Å². The number of aliphatic imine (C=N–C) groups is 1. The number of allylic oxidation sites excluding steroid dienone is 1. The molecule has 0 saturated carbocycles. The van der Waals surface area contributed by atoms with Gasteiger partial charge in [0.15, 0.2) is 0 Å². The maximum atomic E-state index is 4.12. The molecule has 2 aromatic rings. The number of fused-ring (bicyclic) bond motifs is 1. The maximum Gasteiger partial charge on any atom is 0.125 e. The molecule has 3 N–H and O–H groups in total. The molecule has 1 fully saturated rings. The van der Waals surface area contributed by atoms with Crippen LogP contribution in [0.25, 0.3) is 10.9 Å². The van der Waals surface area contributed by atoms with Gasteiger partial charge in [0, 0.05) is 49.3 Å². The summed E-state index contributed by atoms with van der Waals surface area (Å²) < 4.78 is 0. The summed E-state index contributed by atoms with van der Waals surface area (Å²) in [6.07, 6.45) is 11.0. The molecule has 1 aromatic heterocycles. The highest BCUT2D eigenvalue weighted by molar-refractivity contribution is 5.81. The zero-order valence-corrected chi connectivity index (χ0v) is 20.1. The zero-order valence-electron chi connectivity index (χ0n) is 20.1. The molecule has 0 bridgehead atoms. The molecule has 0 aliphatic carbocycles. The molecule has 6 nitrogen and oxygen atoms in total. The van der Waals surface area contributed by atoms with E-state index >= 15 is 0 Å². The van der Waals surface area contributed by atoms with E-state index in [4.69, 9.17) is 0 Å². The third kappa shape index (κ3) is 7.04. The van der Waals surface area contributed by atoms with Gasteiger partial charge in [0.2, 0.25) is 0 Å². The van der Waals surface area contributed by atoms with Crippen LogP contribution in [-0.4, -0.2) is 46.7 Å². The Hall–Kier alpha value is -3.41. The van der Waals surface area contributed by atoms with Crippen LogP contribution in [0.5, 0.6) is 0 Å². The van der Waals surface area contributed by atoms with Gasteiger partial charge >= 0.3 is 0 Å². The van der Waals surface area contributed by atoms with Crippen LogP contribution < -0.4 is 10.6 Å². The largest absolute Gasteiger partial charge is 0.376 e. The van der Waals surface area contributed by atoms with E-state index in [0.29, 0.717) is 6.04 Å². The number of likely N-dealkylation sites (tertiary alicyclic amines) is 1. The van der Waals surface area contributed by atoms with Gasteiger partial charge in [-0.05, 0) is 67.6 Å². The summed E-state index contributed by atoms with van der Waals surface area (Å²) in [5.74, 6) is 1.71. The van der Waals surface area contributed by atoms with Crippen molar-refractivity contribution in [1.29, 1.82) is 0 Å². The Balaban J connectivity index is 0.000000286. The molecule has 1 unspecified atom stereocenters. The summed E-state index contributed by atoms with van der Waals surface area (Å²) in [6.45, 7) is 19.8. The molecule has 1 atom stereocenters. The summed E-state index contributed by atoms with van der Waals surface area (Å²) in [5.41, 5.74) is 3.74. The van der Waals surface area contributed by atoms with E-state index in [2.05, 4.69) is 83.4 Å². The molecule has 2 aliphatic heterocycles. The highest BCUT2D eigenvalue weighted by atomic mass is 15.2. The van der Waals surface area contributed by atoms with Crippen LogP contribution in [0.2, 0.25) is 0 Å². The van der Waals surface area contributed by atoms with Crippen molar-refractivity contribution in [2.24, 2.45) is 4.99 Å². The van der Waals surface area contributed by atoms with Gasteiger partial charge in [-0.15, -0.1) is 0 Å². The van der Waals surface area contributed by atoms with Crippen LogP contribution in [0.4, 0.5) is 0 Å². The van der Waals surface area contributed by atoms with Crippen molar-refractivity contribution in [1.82, 2.24) is 25.4 Å². The Morgan fingerprint density at radius 3 is 2.85 bits per heavy atom. The number of aromatic amines is 1. The minimum atomic E-state index is 0.437. The molecule has 0 amide bonds. The number of hydrogen-bond donors (Lipinski definition) is 3. The van der Waals surface area contributed by atoms with E-state index in [9.17, 15) is 0 Å². The average molecular weight is 447 g/mol. The van der Waals surface area contributed by atoms with E-state index < -0.39 is 0 Å². The fourth-order valence-corrected chi connectivity index (χ4v) is 4.07. The number of hydrogen-bond acceptors (Lipinski definition) is 5. The van der Waals surface area contributed by atoms with Gasteiger partial charge in [-0.1, -0.05) is 32.7 Å². The molecule has 33 heavy (non-hydrogen) atoms. The van der Waals surface area contributed by atoms with Crippen LogP contribution >= 0.6 is 0 Å². The standard InChI is InChI=1S/C20H28N4.C7H10N2/c1-4-16-8-9-20-17(11-16)12-19(23-20)13-21-15(3)22-18-7-6-10-24(5-2)14-18;1-3-9-6-4-5-8-7(9)2/h5,8-9,11-12,18,21-23H,2-4,6-7,10,13-14H2,1H3;4-6H,2-3H2,1H3. The lowest BCUT2D eigenvalue weighted by atomic mass is 10.1. The van der Waals surface area contributed by atoms with E-state index in [1.807, 2.05) is 23.4 Å². The van der Waals surface area contributed by atoms with Crippen LogP contribution in [0, 0.1) is 0 Å². The summed E-state index contributed by atoms with van der Waals surface area (Å²) in [5, 5.41) is 8.16.